The molecule has 0 bridgehead atoms. The summed E-state index contributed by atoms with van der Waals surface area (Å²) in [6, 6.07) is 4.14. The number of hydrogen-bond acceptors (Lipinski definition) is 3. The van der Waals surface area contributed by atoms with Crippen LogP contribution in [0, 0.1) is 0 Å². The van der Waals surface area contributed by atoms with E-state index in [0.29, 0.717) is 12.1 Å². The van der Waals surface area contributed by atoms with E-state index in [0.717, 1.165) is 12.1 Å². The third kappa shape index (κ3) is 3.17. The Labute approximate surface area is 107 Å². The van der Waals surface area contributed by atoms with Gasteiger partial charge in [0.25, 0.3) is 0 Å². The number of nitrogens with zero attached hydrogens (tertiary/aromatic N) is 1. The van der Waals surface area contributed by atoms with Gasteiger partial charge in [0, 0.05) is 12.6 Å². The van der Waals surface area contributed by atoms with Gasteiger partial charge in [0.2, 0.25) is 0 Å². The summed E-state index contributed by atoms with van der Waals surface area (Å²) in [5.41, 5.74) is 5.43. The monoisotopic (exact) mass is 274 g/mol. The quantitative estimate of drug-likeness (QED) is 0.919. The predicted molar refractivity (Wildman–Crippen MR) is 61.3 cm³/mol. The molecule has 19 heavy (non-hydrogen) atoms. The van der Waals surface area contributed by atoms with Crippen LogP contribution in [-0.4, -0.2) is 30.7 Å². The highest BCUT2D eigenvalue weighted by atomic mass is 19.4. The molecule has 2 rings (SSSR count). The molecule has 1 aromatic rings. The van der Waals surface area contributed by atoms with Crippen LogP contribution in [0.15, 0.2) is 24.3 Å². The van der Waals surface area contributed by atoms with Crippen molar-refractivity contribution >= 4 is 6.09 Å². The van der Waals surface area contributed by atoms with Gasteiger partial charge in [-0.05, 0) is 17.7 Å². The van der Waals surface area contributed by atoms with Crippen LogP contribution in [-0.2, 0) is 10.9 Å². The maximum Gasteiger partial charge on any atom is 0.416 e. The molecule has 104 valence electrons. The van der Waals surface area contributed by atoms with Crippen molar-refractivity contribution in [2.24, 2.45) is 5.73 Å². The Balaban J connectivity index is 2.10. The normalized spacial score (nSPS) is 17.5. The van der Waals surface area contributed by atoms with Crippen molar-refractivity contribution in [3.63, 3.8) is 0 Å². The van der Waals surface area contributed by atoms with Crippen molar-refractivity contribution in [3.05, 3.63) is 35.4 Å². The molecule has 1 amide bonds. The third-order valence-corrected chi connectivity index (χ3v) is 2.90. The van der Waals surface area contributed by atoms with E-state index in [4.69, 9.17) is 10.5 Å². The van der Waals surface area contributed by atoms with Gasteiger partial charge in [0.05, 0.1) is 12.1 Å². The molecule has 0 spiro atoms. The van der Waals surface area contributed by atoms with E-state index in [1.807, 2.05) is 0 Å². The van der Waals surface area contributed by atoms with Crippen molar-refractivity contribution in [1.29, 1.82) is 0 Å². The van der Waals surface area contributed by atoms with Gasteiger partial charge in [0.15, 0.2) is 0 Å². The maximum atomic E-state index is 12.6. The zero-order valence-corrected chi connectivity index (χ0v) is 9.98. The van der Waals surface area contributed by atoms with E-state index in [2.05, 4.69) is 0 Å². The summed E-state index contributed by atoms with van der Waals surface area (Å²) < 4.78 is 42.5. The molecule has 1 unspecified atom stereocenters. The summed E-state index contributed by atoms with van der Waals surface area (Å²) in [6.07, 6.45) is -4.88. The highest BCUT2D eigenvalue weighted by molar-refractivity contribution is 5.69. The number of benzene rings is 1. The standard InChI is InChI=1S/C12H13F3N2O2/c13-12(14,15)9-3-1-2-8(6-9)10(16)7-17-4-5-19-11(17)18/h1-3,6,10H,4-5,7,16H2. The van der Waals surface area contributed by atoms with E-state index >= 15 is 0 Å². The molecule has 0 radical (unpaired) electrons. The fraction of sp³-hybridized carbons (Fsp3) is 0.417. The lowest BCUT2D eigenvalue weighted by atomic mass is 10.0. The molecule has 1 atom stereocenters. The van der Waals surface area contributed by atoms with Crippen molar-refractivity contribution in [2.75, 3.05) is 19.7 Å². The van der Waals surface area contributed by atoms with Crippen molar-refractivity contribution < 1.29 is 22.7 Å². The Morgan fingerprint density at radius 3 is 2.74 bits per heavy atom. The average Bonchev–Trinajstić information content (AvgIpc) is 2.74. The van der Waals surface area contributed by atoms with Crippen LogP contribution in [0.5, 0.6) is 0 Å². The summed E-state index contributed by atoms with van der Waals surface area (Å²) in [5.74, 6) is 0. The highest BCUT2D eigenvalue weighted by Crippen LogP contribution is 2.30. The minimum absolute atomic E-state index is 0.139. The summed E-state index contributed by atoms with van der Waals surface area (Å²) in [5, 5.41) is 0. The Hall–Kier alpha value is -1.76. The maximum absolute atomic E-state index is 12.6. The second-order valence-corrected chi connectivity index (χ2v) is 4.29. The fourth-order valence-corrected chi connectivity index (χ4v) is 1.88. The molecule has 1 aromatic carbocycles. The molecule has 1 aliphatic rings. The lowest BCUT2D eigenvalue weighted by Crippen LogP contribution is -2.32. The zero-order chi connectivity index (χ0) is 14.0. The van der Waals surface area contributed by atoms with Crippen LogP contribution < -0.4 is 5.73 Å². The van der Waals surface area contributed by atoms with Gasteiger partial charge in [0.1, 0.15) is 6.61 Å². The number of cyclic esters (lactones) is 1. The number of alkyl halides is 3. The van der Waals surface area contributed by atoms with Crippen molar-refractivity contribution in [2.45, 2.75) is 12.2 Å². The first-order chi connectivity index (χ1) is 8.88. The topological polar surface area (TPSA) is 55.6 Å². The van der Waals surface area contributed by atoms with Crippen molar-refractivity contribution in [3.8, 4) is 0 Å². The van der Waals surface area contributed by atoms with Gasteiger partial charge in [-0.3, -0.25) is 0 Å². The van der Waals surface area contributed by atoms with E-state index in [1.165, 1.54) is 17.0 Å². The Kier molecular flexibility index (Phi) is 3.66. The Morgan fingerprint density at radius 1 is 1.42 bits per heavy atom. The fourth-order valence-electron chi connectivity index (χ4n) is 1.88. The number of ether oxygens (including phenoxy) is 1. The number of rotatable bonds is 3. The zero-order valence-electron chi connectivity index (χ0n) is 9.98. The van der Waals surface area contributed by atoms with Crippen LogP contribution in [0.2, 0.25) is 0 Å². The molecule has 1 fully saturated rings. The molecule has 1 aliphatic heterocycles. The van der Waals surface area contributed by atoms with E-state index in [1.54, 1.807) is 0 Å². The van der Waals surface area contributed by atoms with E-state index in [-0.39, 0.29) is 13.2 Å². The van der Waals surface area contributed by atoms with E-state index < -0.39 is 23.9 Å². The summed E-state index contributed by atoms with van der Waals surface area (Å²) in [6.45, 7) is 0.833. The second kappa shape index (κ2) is 5.08. The molecular weight excluding hydrogens is 261 g/mol. The summed E-state index contributed by atoms with van der Waals surface area (Å²) in [7, 11) is 0. The van der Waals surface area contributed by atoms with Gasteiger partial charge in [-0.1, -0.05) is 12.1 Å². The van der Waals surface area contributed by atoms with Gasteiger partial charge < -0.3 is 15.4 Å². The largest absolute Gasteiger partial charge is 0.448 e. The first-order valence-corrected chi connectivity index (χ1v) is 5.72. The Morgan fingerprint density at radius 2 is 2.16 bits per heavy atom. The molecule has 1 heterocycles. The third-order valence-electron chi connectivity index (χ3n) is 2.90. The molecule has 0 aromatic heterocycles. The number of nitrogens with two attached hydrogens (primary N) is 1. The Bertz CT molecular complexity index is 476. The molecule has 2 N–H and O–H groups in total. The first kappa shape index (κ1) is 13.7. The molecule has 1 saturated heterocycles. The second-order valence-electron chi connectivity index (χ2n) is 4.29. The van der Waals surface area contributed by atoms with Crippen LogP contribution in [0.3, 0.4) is 0 Å². The lowest BCUT2D eigenvalue weighted by molar-refractivity contribution is -0.137. The van der Waals surface area contributed by atoms with Crippen molar-refractivity contribution in [1.82, 2.24) is 4.90 Å². The smallest absolute Gasteiger partial charge is 0.416 e. The molecule has 7 heteroatoms. The van der Waals surface area contributed by atoms with Crippen LogP contribution in [0.1, 0.15) is 17.2 Å². The first-order valence-electron chi connectivity index (χ1n) is 5.72. The van der Waals surface area contributed by atoms with Gasteiger partial charge >= 0.3 is 12.3 Å². The highest BCUT2D eigenvalue weighted by Gasteiger charge is 2.31. The molecule has 0 saturated carbocycles. The predicted octanol–water partition coefficient (Wildman–Crippen LogP) is 2.16. The minimum Gasteiger partial charge on any atom is -0.448 e. The molecule has 0 aliphatic carbocycles. The van der Waals surface area contributed by atoms with Gasteiger partial charge in [-0.2, -0.15) is 13.2 Å². The number of halogens is 3. The SMILES string of the molecule is NC(CN1CCOC1=O)c1cccc(C(F)(F)F)c1. The van der Waals surface area contributed by atoms with Gasteiger partial charge in [-0.25, -0.2) is 4.79 Å². The minimum atomic E-state index is -4.40. The van der Waals surface area contributed by atoms with Crippen LogP contribution in [0.25, 0.3) is 0 Å². The summed E-state index contributed by atoms with van der Waals surface area (Å²) >= 11 is 0. The number of carbonyl (C=O) groups excluding carboxylic acids is 1. The summed E-state index contributed by atoms with van der Waals surface area (Å²) in [4.78, 5) is 12.6. The average molecular weight is 274 g/mol. The van der Waals surface area contributed by atoms with Crippen LogP contribution in [0.4, 0.5) is 18.0 Å². The van der Waals surface area contributed by atoms with Gasteiger partial charge in [-0.15, -0.1) is 0 Å². The molecular formula is C12H13F3N2O2. The van der Waals surface area contributed by atoms with Crippen LogP contribution >= 0.6 is 0 Å². The lowest BCUT2D eigenvalue weighted by Gasteiger charge is -2.19. The molecule has 4 nitrogen and oxygen atoms in total. The number of amides is 1. The number of hydrogen-bond donors (Lipinski definition) is 1. The van der Waals surface area contributed by atoms with E-state index in [9.17, 15) is 18.0 Å². The number of carbonyl (C=O) groups is 1.